The van der Waals surface area contributed by atoms with Crippen molar-refractivity contribution in [3.8, 4) is 0 Å². The molecule has 1 aliphatic rings. The summed E-state index contributed by atoms with van der Waals surface area (Å²) in [5.74, 6) is 0.289. The Balaban J connectivity index is 1.54. The minimum Gasteiger partial charge on any atom is -0.376 e. The Hall–Kier alpha value is -2.14. The average Bonchev–Trinajstić information content (AvgIpc) is 3.45. The first-order chi connectivity index (χ1) is 15.2. The number of imidazole rings is 1. The number of ether oxygens (including phenoxy) is 1. The van der Waals surface area contributed by atoms with Crippen LogP contribution in [-0.4, -0.2) is 46.8 Å². The third kappa shape index (κ3) is 4.50. The standard InChI is InChI=1S/C22H28N4O4S2/c1-4-25-20-8-7-17(32(23,28)29)11-19(20)24-22(25)31-13-21(27)18-10-14(2)26(15(18)3)12-16-6-5-9-30-16/h7-8,10-11,16H,4-6,9,12-13H2,1-3H3,(H2,23,28,29). The summed E-state index contributed by atoms with van der Waals surface area (Å²) < 4.78 is 33.2. The van der Waals surface area contributed by atoms with Crippen molar-refractivity contribution in [2.45, 2.75) is 62.9 Å². The first-order valence-corrected chi connectivity index (χ1v) is 13.2. The summed E-state index contributed by atoms with van der Waals surface area (Å²) in [5.41, 5.74) is 4.10. The van der Waals surface area contributed by atoms with E-state index in [-0.39, 0.29) is 22.5 Å². The second-order valence-corrected chi connectivity index (χ2v) is 10.6. The van der Waals surface area contributed by atoms with Gasteiger partial charge in [0.2, 0.25) is 10.0 Å². The van der Waals surface area contributed by atoms with Crippen LogP contribution in [0.2, 0.25) is 0 Å². The lowest BCUT2D eigenvalue weighted by molar-refractivity contribution is 0.0957. The minimum atomic E-state index is -3.80. The van der Waals surface area contributed by atoms with E-state index in [9.17, 15) is 13.2 Å². The summed E-state index contributed by atoms with van der Waals surface area (Å²) >= 11 is 1.36. The Kier molecular flexibility index (Phi) is 6.49. The van der Waals surface area contributed by atoms with Crippen molar-refractivity contribution < 1.29 is 17.9 Å². The number of carbonyl (C=O) groups is 1. The van der Waals surface area contributed by atoms with Crippen LogP contribution in [-0.2, 0) is 27.8 Å². The molecule has 0 saturated carbocycles. The first-order valence-electron chi connectivity index (χ1n) is 10.7. The van der Waals surface area contributed by atoms with E-state index in [1.54, 1.807) is 6.07 Å². The Morgan fingerprint density at radius 3 is 2.72 bits per heavy atom. The van der Waals surface area contributed by atoms with Gasteiger partial charge in [0.05, 0.1) is 27.8 Å². The van der Waals surface area contributed by atoms with Crippen molar-refractivity contribution in [1.29, 1.82) is 0 Å². The Bertz CT molecular complexity index is 1270. The fourth-order valence-electron chi connectivity index (χ4n) is 4.24. The molecule has 0 spiro atoms. The number of hydrogen-bond donors (Lipinski definition) is 1. The number of hydrogen-bond acceptors (Lipinski definition) is 6. The minimum absolute atomic E-state index is 0.0251. The van der Waals surface area contributed by atoms with Gasteiger partial charge in [0.15, 0.2) is 10.9 Å². The van der Waals surface area contributed by atoms with E-state index in [0.29, 0.717) is 17.2 Å². The van der Waals surface area contributed by atoms with Gasteiger partial charge in [0.25, 0.3) is 0 Å². The summed E-state index contributed by atoms with van der Waals surface area (Å²) in [5, 5.41) is 5.92. The molecule has 1 unspecified atom stereocenters. The molecule has 1 aliphatic heterocycles. The van der Waals surface area contributed by atoms with E-state index in [0.717, 1.165) is 48.5 Å². The zero-order valence-corrected chi connectivity index (χ0v) is 20.1. The van der Waals surface area contributed by atoms with Crippen LogP contribution in [0.15, 0.2) is 34.3 Å². The molecule has 4 rings (SSSR count). The average molecular weight is 477 g/mol. The van der Waals surface area contributed by atoms with Gasteiger partial charge in [-0.1, -0.05) is 11.8 Å². The first kappa shape index (κ1) is 23.0. The maximum atomic E-state index is 13.0. The largest absolute Gasteiger partial charge is 0.376 e. The van der Waals surface area contributed by atoms with E-state index in [4.69, 9.17) is 9.88 Å². The molecule has 1 aromatic carbocycles. The molecular weight excluding hydrogens is 448 g/mol. The number of thioether (sulfide) groups is 1. The number of nitrogens with zero attached hydrogens (tertiary/aromatic N) is 3. The maximum Gasteiger partial charge on any atom is 0.238 e. The van der Waals surface area contributed by atoms with Crippen LogP contribution in [0.1, 0.15) is 41.5 Å². The number of benzene rings is 1. The van der Waals surface area contributed by atoms with Crippen molar-refractivity contribution in [3.05, 3.63) is 41.2 Å². The second kappa shape index (κ2) is 9.01. The van der Waals surface area contributed by atoms with Crippen molar-refractivity contribution in [3.63, 3.8) is 0 Å². The highest BCUT2D eigenvalue weighted by Gasteiger charge is 2.22. The predicted molar refractivity (Wildman–Crippen MR) is 125 cm³/mol. The van der Waals surface area contributed by atoms with E-state index in [2.05, 4.69) is 9.55 Å². The molecule has 0 radical (unpaired) electrons. The van der Waals surface area contributed by atoms with Crippen molar-refractivity contribution in [2.24, 2.45) is 5.14 Å². The van der Waals surface area contributed by atoms with Gasteiger partial charge in [-0.2, -0.15) is 0 Å². The molecule has 172 valence electrons. The Morgan fingerprint density at radius 2 is 2.06 bits per heavy atom. The number of aromatic nitrogens is 3. The summed E-state index contributed by atoms with van der Waals surface area (Å²) in [6, 6.07) is 6.61. The third-order valence-electron chi connectivity index (χ3n) is 5.95. The number of aryl methyl sites for hydroxylation is 2. The number of sulfonamides is 1. The smallest absolute Gasteiger partial charge is 0.238 e. The molecule has 1 saturated heterocycles. The zero-order chi connectivity index (χ0) is 23.0. The highest BCUT2D eigenvalue weighted by molar-refractivity contribution is 7.99. The number of fused-ring (bicyclic) bond motifs is 1. The lowest BCUT2D eigenvalue weighted by Crippen LogP contribution is -2.17. The summed E-state index contributed by atoms with van der Waals surface area (Å²) in [6.45, 7) is 8.22. The van der Waals surface area contributed by atoms with Crippen LogP contribution in [0, 0.1) is 13.8 Å². The van der Waals surface area contributed by atoms with Gasteiger partial charge in [-0.3, -0.25) is 4.79 Å². The summed E-state index contributed by atoms with van der Waals surface area (Å²) in [4.78, 5) is 17.6. The van der Waals surface area contributed by atoms with E-state index in [1.807, 2.05) is 31.4 Å². The fourth-order valence-corrected chi connectivity index (χ4v) is 5.74. The third-order valence-corrected chi connectivity index (χ3v) is 7.83. The van der Waals surface area contributed by atoms with E-state index < -0.39 is 10.0 Å². The highest BCUT2D eigenvalue weighted by Crippen LogP contribution is 2.28. The molecule has 1 atom stereocenters. The highest BCUT2D eigenvalue weighted by atomic mass is 32.2. The zero-order valence-electron chi connectivity index (χ0n) is 18.5. The molecule has 2 N–H and O–H groups in total. The van der Waals surface area contributed by atoms with Gasteiger partial charge >= 0.3 is 0 Å². The number of ketones is 1. The normalized spacial score (nSPS) is 16.8. The van der Waals surface area contributed by atoms with Crippen molar-refractivity contribution in [2.75, 3.05) is 12.4 Å². The van der Waals surface area contributed by atoms with E-state index >= 15 is 0 Å². The SMILES string of the molecule is CCn1c(SCC(=O)c2cc(C)n(CC3CCCO3)c2C)nc2cc(S(N)(=O)=O)ccc21. The quantitative estimate of drug-likeness (QED) is 0.395. The molecule has 0 aliphatic carbocycles. The molecule has 32 heavy (non-hydrogen) atoms. The van der Waals surface area contributed by atoms with Gasteiger partial charge in [-0.05, 0) is 57.9 Å². The van der Waals surface area contributed by atoms with Crippen LogP contribution >= 0.6 is 11.8 Å². The van der Waals surface area contributed by atoms with Gasteiger partial charge in [-0.25, -0.2) is 18.5 Å². The van der Waals surface area contributed by atoms with Crippen LogP contribution in [0.3, 0.4) is 0 Å². The topological polar surface area (TPSA) is 109 Å². The predicted octanol–water partition coefficient (Wildman–Crippen LogP) is 3.28. The summed E-state index contributed by atoms with van der Waals surface area (Å²) in [6.07, 6.45) is 2.35. The Labute approximate surface area is 192 Å². The van der Waals surface area contributed by atoms with Crippen LogP contribution in [0.4, 0.5) is 0 Å². The molecule has 2 aromatic heterocycles. The van der Waals surface area contributed by atoms with Crippen LogP contribution < -0.4 is 5.14 Å². The van der Waals surface area contributed by atoms with Gasteiger partial charge in [0, 0.05) is 36.6 Å². The molecule has 0 amide bonds. The molecule has 10 heteroatoms. The Morgan fingerprint density at radius 1 is 1.28 bits per heavy atom. The number of rotatable bonds is 8. The lowest BCUT2D eigenvalue weighted by Gasteiger charge is -2.14. The maximum absolute atomic E-state index is 13.0. The van der Waals surface area contributed by atoms with E-state index in [1.165, 1.54) is 23.9 Å². The lowest BCUT2D eigenvalue weighted by atomic mass is 10.2. The number of primary sulfonamides is 1. The van der Waals surface area contributed by atoms with Gasteiger partial charge in [-0.15, -0.1) is 0 Å². The summed E-state index contributed by atoms with van der Waals surface area (Å²) in [7, 11) is -3.80. The monoisotopic (exact) mass is 476 g/mol. The van der Waals surface area contributed by atoms with Crippen LogP contribution in [0.25, 0.3) is 11.0 Å². The number of carbonyl (C=O) groups excluding carboxylic acids is 1. The molecule has 8 nitrogen and oxygen atoms in total. The fraction of sp³-hybridized carbons (Fsp3) is 0.455. The van der Waals surface area contributed by atoms with Crippen molar-refractivity contribution >= 4 is 38.6 Å². The molecule has 3 aromatic rings. The van der Waals surface area contributed by atoms with Crippen molar-refractivity contribution in [1.82, 2.24) is 14.1 Å². The number of Topliss-reactive ketones (excluding diaryl/α,β-unsaturated/α-hetero) is 1. The molecular formula is C22H28N4O4S2. The molecule has 0 bridgehead atoms. The van der Waals surface area contributed by atoms with Gasteiger partial charge < -0.3 is 13.9 Å². The van der Waals surface area contributed by atoms with Crippen LogP contribution in [0.5, 0.6) is 0 Å². The van der Waals surface area contributed by atoms with Gasteiger partial charge in [0.1, 0.15) is 0 Å². The molecule has 3 heterocycles. The molecule has 1 fully saturated rings. The number of nitrogens with two attached hydrogens (primary N) is 1. The second-order valence-electron chi connectivity index (χ2n) is 8.08.